The highest BCUT2D eigenvalue weighted by molar-refractivity contribution is 9.10. The van der Waals surface area contributed by atoms with E-state index in [9.17, 15) is 0 Å². The zero-order valence-corrected chi connectivity index (χ0v) is 8.59. The summed E-state index contributed by atoms with van der Waals surface area (Å²) in [5, 5.41) is 5.46. The molecule has 0 bridgehead atoms. The molecule has 0 unspecified atom stereocenters. The van der Waals surface area contributed by atoms with E-state index in [1.807, 2.05) is 17.8 Å². The fourth-order valence-electron chi connectivity index (χ4n) is 1.49. The first-order chi connectivity index (χ1) is 5.70. The van der Waals surface area contributed by atoms with E-state index >= 15 is 0 Å². The van der Waals surface area contributed by atoms with E-state index in [0.717, 1.165) is 4.60 Å². The van der Waals surface area contributed by atoms with Gasteiger partial charge in [0.2, 0.25) is 0 Å². The maximum absolute atomic E-state index is 4.28. The quantitative estimate of drug-likeness (QED) is 0.673. The van der Waals surface area contributed by atoms with Crippen LogP contribution in [0, 0.1) is 6.92 Å². The maximum Gasteiger partial charge on any atom is 0.135 e. The summed E-state index contributed by atoms with van der Waals surface area (Å²) < 4.78 is 2.82. The smallest absolute Gasteiger partial charge is 0.135 e. The first-order valence-electron chi connectivity index (χ1n) is 3.78. The van der Waals surface area contributed by atoms with Crippen LogP contribution < -0.4 is 0 Å². The molecule has 0 N–H and O–H groups in total. The van der Waals surface area contributed by atoms with E-state index in [0.29, 0.717) is 0 Å². The molecule has 0 radical (unpaired) electrons. The lowest BCUT2D eigenvalue weighted by Gasteiger charge is -1.96. The van der Waals surface area contributed by atoms with Crippen molar-refractivity contribution in [3.05, 3.63) is 28.4 Å². The monoisotopic (exact) mass is 224 g/mol. The summed E-state index contributed by atoms with van der Waals surface area (Å²) in [7, 11) is 1.96. The number of nitrogens with zero attached hydrogens (tertiary/aromatic N) is 2. The molecule has 0 saturated heterocycles. The topological polar surface area (TPSA) is 17.8 Å². The van der Waals surface area contributed by atoms with Gasteiger partial charge < -0.3 is 0 Å². The number of hydrogen-bond donors (Lipinski definition) is 0. The van der Waals surface area contributed by atoms with Crippen molar-refractivity contribution in [3.8, 4) is 0 Å². The van der Waals surface area contributed by atoms with Gasteiger partial charge in [-0.25, -0.2) is 0 Å². The number of benzene rings is 1. The first kappa shape index (κ1) is 7.80. The van der Waals surface area contributed by atoms with E-state index in [-0.39, 0.29) is 0 Å². The highest BCUT2D eigenvalue weighted by atomic mass is 79.9. The molecule has 0 fully saturated rings. The lowest BCUT2D eigenvalue weighted by molar-refractivity contribution is 0.786. The Morgan fingerprint density at radius 2 is 2.17 bits per heavy atom. The SMILES string of the molecule is Cc1cccc2c(Br)nn(C)c12. The Hall–Kier alpha value is -0.830. The molecule has 2 rings (SSSR count). The Morgan fingerprint density at radius 3 is 2.83 bits per heavy atom. The van der Waals surface area contributed by atoms with Crippen molar-refractivity contribution in [2.75, 3.05) is 0 Å². The van der Waals surface area contributed by atoms with Gasteiger partial charge in [0.15, 0.2) is 0 Å². The largest absolute Gasteiger partial charge is 0.267 e. The van der Waals surface area contributed by atoms with E-state index in [1.54, 1.807) is 0 Å². The zero-order valence-electron chi connectivity index (χ0n) is 7.00. The van der Waals surface area contributed by atoms with Gasteiger partial charge in [0, 0.05) is 12.4 Å². The van der Waals surface area contributed by atoms with Gasteiger partial charge in [0.05, 0.1) is 5.52 Å². The fourth-order valence-corrected chi connectivity index (χ4v) is 2.05. The highest BCUT2D eigenvalue weighted by Crippen LogP contribution is 2.24. The summed E-state index contributed by atoms with van der Waals surface area (Å²) >= 11 is 3.42. The van der Waals surface area contributed by atoms with Crippen LogP contribution in [0.25, 0.3) is 10.9 Å². The maximum atomic E-state index is 4.28. The Kier molecular flexibility index (Phi) is 1.68. The molecule has 0 saturated carbocycles. The van der Waals surface area contributed by atoms with E-state index in [4.69, 9.17) is 0 Å². The van der Waals surface area contributed by atoms with Gasteiger partial charge in [-0.05, 0) is 28.4 Å². The van der Waals surface area contributed by atoms with Crippen molar-refractivity contribution in [1.29, 1.82) is 0 Å². The number of halogens is 1. The predicted octanol–water partition coefficient (Wildman–Crippen LogP) is 2.64. The molecular weight excluding hydrogens is 216 g/mol. The highest BCUT2D eigenvalue weighted by Gasteiger charge is 2.06. The van der Waals surface area contributed by atoms with Crippen LogP contribution in [0.5, 0.6) is 0 Å². The molecule has 0 amide bonds. The molecule has 1 aromatic carbocycles. The molecule has 62 valence electrons. The van der Waals surface area contributed by atoms with Gasteiger partial charge in [-0.15, -0.1) is 0 Å². The van der Waals surface area contributed by atoms with Crippen molar-refractivity contribution in [2.45, 2.75) is 6.92 Å². The third-order valence-corrected chi connectivity index (χ3v) is 2.61. The van der Waals surface area contributed by atoms with Gasteiger partial charge in [0.25, 0.3) is 0 Å². The molecular formula is C9H9BrN2. The van der Waals surface area contributed by atoms with E-state index < -0.39 is 0 Å². The molecule has 2 nitrogen and oxygen atoms in total. The Morgan fingerprint density at radius 1 is 1.42 bits per heavy atom. The minimum absolute atomic E-state index is 0.920. The van der Waals surface area contributed by atoms with Crippen LogP contribution in [0.1, 0.15) is 5.56 Å². The standard InChI is InChI=1S/C9H9BrN2/c1-6-4-3-5-7-8(6)12(2)11-9(7)10/h3-5H,1-2H3. The van der Waals surface area contributed by atoms with E-state index in [2.05, 4.69) is 40.1 Å². The van der Waals surface area contributed by atoms with Gasteiger partial charge >= 0.3 is 0 Å². The molecule has 12 heavy (non-hydrogen) atoms. The lowest BCUT2D eigenvalue weighted by atomic mass is 10.2. The summed E-state index contributed by atoms with van der Waals surface area (Å²) in [6, 6.07) is 6.21. The Bertz CT molecular complexity index is 431. The second kappa shape index (κ2) is 2.59. The van der Waals surface area contributed by atoms with Crippen molar-refractivity contribution in [2.24, 2.45) is 7.05 Å². The molecule has 1 aromatic heterocycles. The van der Waals surface area contributed by atoms with Crippen LogP contribution in [-0.4, -0.2) is 9.78 Å². The molecule has 0 aliphatic rings. The molecule has 0 atom stereocenters. The van der Waals surface area contributed by atoms with Crippen LogP contribution in [-0.2, 0) is 7.05 Å². The zero-order chi connectivity index (χ0) is 8.72. The summed E-state index contributed by atoms with van der Waals surface area (Å²) in [5.74, 6) is 0. The number of para-hydroxylation sites is 1. The number of hydrogen-bond acceptors (Lipinski definition) is 1. The van der Waals surface area contributed by atoms with Crippen molar-refractivity contribution in [3.63, 3.8) is 0 Å². The molecule has 0 aliphatic heterocycles. The first-order valence-corrected chi connectivity index (χ1v) is 4.57. The third-order valence-electron chi connectivity index (χ3n) is 2.02. The van der Waals surface area contributed by atoms with Crippen LogP contribution in [0.4, 0.5) is 0 Å². The average molecular weight is 225 g/mol. The number of fused-ring (bicyclic) bond motifs is 1. The van der Waals surface area contributed by atoms with Gasteiger partial charge in [-0.2, -0.15) is 5.10 Å². The second-order valence-corrected chi connectivity index (χ2v) is 3.64. The minimum Gasteiger partial charge on any atom is -0.267 e. The minimum atomic E-state index is 0.920. The normalized spacial score (nSPS) is 10.9. The number of rotatable bonds is 0. The number of aromatic nitrogens is 2. The summed E-state index contributed by atoms with van der Waals surface area (Å²) in [6.45, 7) is 2.09. The molecule has 1 heterocycles. The van der Waals surface area contributed by atoms with Gasteiger partial charge in [0.1, 0.15) is 4.60 Å². The van der Waals surface area contributed by atoms with Crippen LogP contribution in [0.3, 0.4) is 0 Å². The van der Waals surface area contributed by atoms with Gasteiger partial charge in [-0.3, -0.25) is 4.68 Å². The summed E-state index contributed by atoms with van der Waals surface area (Å²) in [6.07, 6.45) is 0. The average Bonchev–Trinajstić information content (AvgIpc) is 2.29. The van der Waals surface area contributed by atoms with Crippen molar-refractivity contribution in [1.82, 2.24) is 9.78 Å². The summed E-state index contributed by atoms with van der Waals surface area (Å²) in [4.78, 5) is 0. The lowest BCUT2D eigenvalue weighted by Crippen LogP contribution is -1.90. The van der Waals surface area contributed by atoms with Crippen LogP contribution >= 0.6 is 15.9 Å². The van der Waals surface area contributed by atoms with Crippen LogP contribution in [0.2, 0.25) is 0 Å². The summed E-state index contributed by atoms with van der Waals surface area (Å²) in [5.41, 5.74) is 2.46. The molecule has 3 heteroatoms. The Balaban J connectivity index is 2.99. The number of aryl methyl sites for hydroxylation is 2. The van der Waals surface area contributed by atoms with Crippen molar-refractivity contribution < 1.29 is 0 Å². The molecule has 2 aromatic rings. The second-order valence-electron chi connectivity index (χ2n) is 2.89. The van der Waals surface area contributed by atoms with Crippen molar-refractivity contribution >= 4 is 26.8 Å². The van der Waals surface area contributed by atoms with Gasteiger partial charge in [-0.1, -0.05) is 18.2 Å². The third kappa shape index (κ3) is 0.966. The predicted molar refractivity (Wildman–Crippen MR) is 53.2 cm³/mol. The molecule has 0 aliphatic carbocycles. The van der Waals surface area contributed by atoms with Crippen LogP contribution in [0.15, 0.2) is 22.8 Å². The molecule has 0 spiro atoms. The fraction of sp³-hybridized carbons (Fsp3) is 0.222. The Labute approximate surface area is 79.3 Å². The van der Waals surface area contributed by atoms with E-state index in [1.165, 1.54) is 16.5 Å².